The standard InChI is InChI=1S/C22H22ClNO3/c1-14-3-2-10-24(11-14)12-18-20(25)9-8-17-21(26)19(13-27-22(17)18)15-4-6-16(23)7-5-15/h4-9,13-14,25H,2-3,10-12H2,1H3. The third-order valence-corrected chi connectivity index (χ3v) is 5.70. The molecule has 2 aromatic carbocycles. The predicted molar refractivity (Wildman–Crippen MR) is 105 cm³/mol. The minimum absolute atomic E-state index is 0.0596. The fraction of sp³-hybridized carbons (Fsp3) is 0.318. The summed E-state index contributed by atoms with van der Waals surface area (Å²) in [6, 6.07) is 10.2. The second-order valence-corrected chi connectivity index (χ2v) is 7.97. The molecule has 1 aromatic heterocycles. The molecule has 2 unspecified atom stereocenters. The van der Waals surface area contributed by atoms with Crippen LogP contribution in [0.25, 0.3) is 22.1 Å². The van der Waals surface area contributed by atoms with Crippen LogP contribution in [-0.2, 0) is 6.54 Å². The second-order valence-electron chi connectivity index (χ2n) is 7.53. The molecule has 1 aliphatic heterocycles. The molecule has 0 aliphatic carbocycles. The molecule has 140 valence electrons. The number of piperidine rings is 1. The topological polar surface area (TPSA) is 57.7 Å². The van der Waals surface area contributed by atoms with Crippen molar-refractivity contribution < 1.29 is 14.4 Å². The molecule has 0 spiro atoms. The van der Waals surface area contributed by atoms with Crippen molar-refractivity contribution in [3.05, 3.63) is 63.5 Å². The van der Waals surface area contributed by atoms with Gasteiger partial charge in [0, 0.05) is 16.5 Å². The van der Waals surface area contributed by atoms with E-state index in [0.717, 1.165) is 18.7 Å². The Kier molecular flexibility index (Phi) is 4.94. The molecule has 0 bridgehead atoms. The van der Waals surface area contributed by atoms with Crippen molar-refractivity contribution in [2.24, 2.45) is 5.92 Å². The number of benzene rings is 2. The Morgan fingerprint density at radius 3 is 2.74 bits per heavy atom. The highest BCUT2D eigenvalue weighted by molar-refractivity contribution is 6.30. The van der Waals surface area contributed by atoms with Gasteiger partial charge < -0.3 is 14.4 Å². The Labute approximate surface area is 163 Å². The number of quaternary nitrogens is 1. The first kappa shape index (κ1) is 18.1. The molecule has 1 fully saturated rings. The smallest absolute Gasteiger partial charge is 0.200 e. The molecule has 5 heteroatoms. The predicted octanol–water partition coefficient (Wildman–Crippen LogP) is 3.00. The summed E-state index contributed by atoms with van der Waals surface area (Å²) in [5, 5.41) is 13.6. The molecule has 4 nitrogen and oxygen atoms in total. The zero-order valence-corrected chi connectivity index (χ0v) is 16.0. The van der Waals surface area contributed by atoms with Gasteiger partial charge in [-0.3, -0.25) is 4.79 Å². The monoisotopic (exact) mass is 383 g/mol. The zero-order chi connectivity index (χ0) is 19.0. The van der Waals surface area contributed by atoms with Crippen LogP contribution in [0.5, 0.6) is 5.75 Å². The van der Waals surface area contributed by atoms with Crippen LogP contribution >= 0.6 is 11.6 Å². The molecule has 0 saturated carbocycles. The van der Waals surface area contributed by atoms with Gasteiger partial charge in [0.1, 0.15) is 18.4 Å². The lowest BCUT2D eigenvalue weighted by atomic mass is 9.99. The van der Waals surface area contributed by atoms with Crippen LogP contribution in [0.1, 0.15) is 25.3 Å². The minimum Gasteiger partial charge on any atom is -0.872 e. The van der Waals surface area contributed by atoms with Gasteiger partial charge in [0.05, 0.1) is 24.0 Å². The van der Waals surface area contributed by atoms with Crippen LogP contribution in [0.2, 0.25) is 5.02 Å². The number of hydrogen-bond donors (Lipinski definition) is 1. The van der Waals surface area contributed by atoms with Gasteiger partial charge in [0.2, 0.25) is 5.43 Å². The summed E-state index contributed by atoms with van der Waals surface area (Å²) in [5.41, 5.74) is 2.13. The number of nitrogens with one attached hydrogen (secondary N) is 1. The Bertz CT molecular complexity index is 1030. The Morgan fingerprint density at radius 2 is 2.00 bits per heavy atom. The average Bonchev–Trinajstić information content (AvgIpc) is 2.65. The van der Waals surface area contributed by atoms with Crippen molar-refractivity contribution in [2.45, 2.75) is 26.3 Å². The van der Waals surface area contributed by atoms with E-state index in [-0.39, 0.29) is 11.2 Å². The molecule has 1 saturated heterocycles. The van der Waals surface area contributed by atoms with Crippen molar-refractivity contribution in [3.8, 4) is 16.9 Å². The molecular weight excluding hydrogens is 362 g/mol. The summed E-state index contributed by atoms with van der Waals surface area (Å²) in [4.78, 5) is 14.4. The third-order valence-electron chi connectivity index (χ3n) is 5.45. The van der Waals surface area contributed by atoms with Gasteiger partial charge in [-0.05, 0) is 36.6 Å². The SMILES string of the molecule is CC1CCC[NH+](Cc2c([O-])ccc3c(=O)c(-c4ccc(Cl)cc4)coc23)C1. The van der Waals surface area contributed by atoms with Gasteiger partial charge in [0.25, 0.3) is 0 Å². The first-order valence-electron chi connectivity index (χ1n) is 9.37. The fourth-order valence-electron chi connectivity index (χ4n) is 4.04. The summed E-state index contributed by atoms with van der Waals surface area (Å²) >= 11 is 5.94. The van der Waals surface area contributed by atoms with E-state index in [0.29, 0.717) is 39.6 Å². The summed E-state index contributed by atoms with van der Waals surface area (Å²) in [6.45, 7) is 4.94. The summed E-state index contributed by atoms with van der Waals surface area (Å²) in [6.07, 6.45) is 3.87. The van der Waals surface area contributed by atoms with E-state index in [1.54, 1.807) is 30.3 Å². The maximum Gasteiger partial charge on any atom is 0.200 e. The maximum atomic E-state index is 13.0. The molecule has 4 rings (SSSR count). The number of hydrogen-bond acceptors (Lipinski definition) is 3. The minimum atomic E-state index is -0.123. The highest BCUT2D eigenvalue weighted by atomic mass is 35.5. The number of likely N-dealkylation sites (tertiary alicyclic amines) is 1. The van der Waals surface area contributed by atoms with E-state index in [1.165, 1.54) is 30.1 Å². The molecule has 0 radical (unpaired) electrons. The molecule has 1 N–H and O–H groups in total. The van der Waals surface area contributed by atoms with Crippen LogP contribution in [-0.4, -0.2) is 13.1 Å². The maximum absolute atomic E-state index is 13.0. The van der Waals surface area contributed by atoms with Gasteiger partial charge in [0.15, 0.2) is 0 Å². The van der Waals surface area contributed by atoms with Crippen molar-refractivity contribution in [1.82, 2.24) is 0 Å². The van der Waals surface area contributed by atoms with E-state index < -0.39 is 0 Å². The van der Waals surface area contributed by atoms with Crippen molar-refractivity contribution in [2.75, 3.05) is 13.1 Å². The molecule has 27 heavy (non-hydrogen) atoms. The van der Waals surface area contributed by atoms with Crippen LogP contribution in [0.15, 0.2) is 51.9 Å². The van der Waals surface area contributed by atoms with Gasteiger partial charge in [-0.25, -0.2) is 0 Å². The van der Waals surface area contributed by atoms with Crippen molar-refractivity contribution in [1.29, 1.82) is 0 Å². The number of rotatable bonds is 3. The summed E-state index contributed by atoms with van der Waals surface area (Å²) < 4.78 is 5.84. The van der Waals surface area contributed by atoms with Crippen LogP contribution in [0, 0.1) is 5.92 Å². The van der Waals surface area contributed by atoms with E-state index in [4.69, 9.17) is 16.0 Å². The second kappa shape index (κ2) is 7.37. The van der Waals surface area contributed by atoms with E-state index in [9.17, 15) is 9.90 Å². The Hall–Kier alpha value is -2.30. The fourth-order valence-corrected chi connectivity index (χ4v) is 4.17. The van der Waals surface area contributed by atoms with Crippen LogP contribution in [0.3, 0.4) is 0 Å². The van der Waals surface area contributed by atoms with E-state index >= 15 is 0 Å². The van der Waals surface area contributed by atoms with Crippen LogP contribution in [0.4, 0.5) is 0 Å². The molecule has 2 heterocycles. The molecule has 2 atom stereocenters. The zero-order valence-electron chi connectivity index (χ0n) is 15.3. The molecule has 0 amide bonds. The summed E-state index contributed by atoms with van der Waals surface area (Å²) in [7, 11) is 0. The highest BCUT2D eigenvalue weighted by Crippen LogP contribution is 2.27. The quantitative estimate of drug-likeness (QED) is 0.756. The van der Waals surface area contributed by atoms with E-state index in [1.807, 2.05) is 0 Å². The molecular formula is C22H22ClNO3. The van der Waals surface area contributed by atoms with Gasteiger partial charge in [-0.15, -0.1) is 0 Å². The first-order valence-corrected chi connectivity index (χ1v) is 9.74. The Morgan fingerprint density at radius 1 is 1.22 bits per heavy atom. The lowest BCUT2D eigenvalue weighted by molar-refractivity contribution is -0.922. The van der Waals surface area contributed by atoms with Gasteiger partial charge in [-0.1, -0.05) is 42.5 Å². The Balaban J connectivity index is 1.77. The average molecular weight is 384 g/mol. The normalized spacial score (nSPS) is 20.1. The summed E-state index contributed by atoms with van der Waals surface area (Å²) in [5.74, 6) is 0.595. The van der Waals surface area contributed by atoms with Crippen molar-refractivity contribution >= 4 is 22.6 Å². The number of halogens is 1. The lowest BCUT2D eigenvalue weighted by Crippen LogP contribution is -3.12. The highest BCUT2D eigenvalue weighted by Gasteiger charge is 2.22. The number of fused-ring (bicyclic) bond motifs is 1. The lowest BCUT2D eigenvalue weighted by Gasteiger charge is -2.29. The van der Waals surface area contributed by atoms with Gasteiger partial charge in [-0.2, -0.15) is 0 Å². The largest absolute Gasteiger partial charge is 0.872 e. The molecule has 3 aromatic rings. The van der Waals surface area contributed by atoms with Crippen LogP contribution < -0.4 is 15.4 Å². The first-order chi connectivity index (χ1) is 13.0. The van der Waals surface area contributed by atoms with Crippen molar-refractivity contribution in [3.63, 3.8) is 0 Å². The van der Waals surface area contributed by atoms with Gasteiger partial charge >= 0.3 is 0 Å². The van der Waals surface area contributed by atoms with E-state index in [2.05, 4.69) is 6.92 Å². The molecule has 1 aliphatic rings. The third kappa shape index (κ3) is 3.60.